The minimum atomic E-state index is -0.304. The molecule has 0 aliphatic heterocycles. The number of H-pyrrole nitrogens is 1. The molecule has 14 heavy (non-hydrogen) atoms. The van der Waals surface area contributed by atoms with E-state index in [2.05, 4.69) is 26.0 Å². The van der Waals surface area contributed by atoms with Crippen molar-refractivity contribution >= 4 is 27.0 Å². The molecule has 2 rings (SSSR count). The highest BCUT2D eigenvalue weighted by atomic mass is 79.9. The lowest BCUT2D eigenvalue weighted by atomic mass is 10.2. The molecule has 0 bridgehead atoms. The summed E-state index contributed by atoms with van der Waals surface area (Å²) in [6, 6.07) is 1.82. The summed E-state index contributed by atoms with van der Waals surface area (Å²) in [5, 5.41) is 13.1. The summed E-state index contributed by atoms with van der Waals surface area (Å²) in [5.41, 5.74) is 0.383. The van der Waals surface area contributed by atoms with Crippen LogP contribution < -0.4 is 5.43 Å². The molecule has 0 aromatic carbocycles. The van der Waals surface area contributed by atoms with E-state index < -0.39 is 0 Å². The Bertz CT molecular complexity index is 604. The molecule has 2 aromatic rings. The van der Waals surface area contributed by atoms with Crippen LogP contribution in [0.4, 0.5) is 0 Å². The van der Waals surface area contributed by atoms with Gasteiger partial charge in [-0.3, -0.25) is 9.48 Å². The van der Waals surface area contributed by atoms with Gasteiger partial charge in [-0.15, -0.1) is 0 Å². The zero-order chi connectivity index (χ0) is 10.3. The highest BCUT2D eigenvalue weighted by molar-refractivity contribution is 9.10. The van der Waals surface area contributed by atoms with Crippen LogP contribution in [-0.2, 0) is 7.05 Å². The third kappa shape index (κ3) is 1.06. The number of aromatic amines is 1. The van der Waals surface area contributed by atoms with E-state index in [1.165, 1.54) is 6.20 Å². The summed E-state index contributed by atoms with van der Waals surface area (Å²) in [4.78, 5) is 14.5. The summed E-state index contributed by atoms with van der Waals surface area (Å²) in [6.07, 6.45) is 1.39. The lowest BCUT2D eigenvalue weighted by molar-refractivity contribution is 0.778. The molecule has 0 radical (unpaired) electrons. The molecule has 1 N–H and O–H groups in total. The number of aromatic nitrogens is 3. The first kappa shape index (κ1) is 8.97. The van der Waals surface area contributed by atoms with E-state index in [1.54, 1.807) is 11.7 Å². The first-order valence-electron chi connectivity index (χ1n) is 3.79. The van der Waals surface area contributed by atoms with E-state index in [0.29, 0.717) is 15.6 Å². The van der Waals surface area contributed by atoms with Crippen molar-refractivity contribution in [2.75, 3.05) is 0 Å². The van der Waals surface area contributed by atoms with Gasteiger partial charge in [0.15, 0.2) is 0 Å². The molecular weight excluding hydrogens is 248 g/mol. The zero-order valence-electron chi connectivity index (χ0n) is 7.21. The van der Waals surface area contributed by atoms with Crippen LogP contribution in [0.2, 0.25) is 0 Å². The Morgan fingerprint density at radius 1 is 1.71 bits per heavy atom. The minimum absolute atomic E-state index is 0.0891. The van der Waals surface area contributed by atoms with Gasteiger partial charge in [0.2, 0.25) is 5.43 Å². The molecule has 0 unspecified atom stereocenters. The van der Waals surface area contributed by atoms with E-state index in [0.717, 1.165) is 0 Å². The molecular formula is C8H5BrN4O. The third-order valence-electron chi connectivity index (χ3n) is 1.95. The number of halogens is 1. The minimum Gasteiger partial charge on any atom is -0.345 e. The zero-order valence-corrected chi connectivity index (χ0v) is 8.79. The molecule has 0 saturated carbocycles. The van der Waals surface area contributed by atoms with Crippen LogP contribution in [-0.4, -0.2) is 14.8 Å². The lowest BCUT2D eigenvalue weighted by Crippen LogP contribution is -2.07. The van der Waals surface area contributed by atoms with Crippen LogP contribution in [0, 0.1) is 11.3 Å². The van der Waals surface area contributed by atoms with Crippen molar-refractivity contribution in [3.63, 3.8) is 0 Å². The topological polar surface area (TPSA) is 74.5 Å². The van der Waals surface area contributed by atoms with Crippen LogP contribution in [0.5, 0.6) is 0 Å². The quantitative estimate of drug-likeness (QED) is 0.757. The molecule has 0 aliphatic carbocycles. The summed E-state index contributed by atoms with van der Waals surface area (Å²) in [5.74, 6) is 0. The molecule has 0 amide bonds. The Kier molecular flexibility index (Phi) is 1.89. The Morgan fingerprint density at radius 2 is 2.43 bits per heavy atom. The Morgan fingerprint density at radius 3 is 3.07 bits per heavy atom. The van der Waals surface area contributed by atoms with Gasteiger partial charge in [0.05, 0.1) is 0 Å². The van der Waals surface area contributed by atoms with Crippen molar-refractivity contribution in [3.8, 4) is 6.07 Å². The molecule has 0 atom stereocenters. The van der Waals surface area contributed by atoms with Gasteiger partial charge in [-0.05, 0) is 15.9 Å². The number of hydrogen-bond donors (Lipinski definition) is 1. The third-order valence-corrected chi connectivity index (χ3v) is 2.50. The number of nitrogens with zero attached hydrogens (tertiary/aromatic N) is 3. The molecule has 0 saturated heterocycles. The number of aryl methyl sites for hydroxylation is 1. The van der Waals surface area contributed by atoms with Gasteiger partial charge in [0.1, 0.15) is 27.3 Å². The fraction of sp³-hybridized carbons (Fsp3) is 0.125. The van der Waals surface area contributed by atoms with E-state index in [4.69, 9.17) is 5.26 Å². The van der Waals surface area contributed by atoms with Crippen LogP contribution >= 0.6 is 15.9 Å². The highest BCUT2D eigenvalue weighted by Crippen LogP contribution is 2.17. The number of nitriles is 1. The van der Waals surface area contributed by atoms with Gasteiger partial charge in [-0.1, -0.05) is 0 Å². The molecule has 2 aromatic heterocycles. The molecule has 0 fully saturated rings. The monoisotopic (exact) mass is 252 g/mol. The van der Waals surface area contributed by atoms with Crippen LogP contribution in [0.3, 0.4) is 0 Å². The number of rotatable bonds is 0. The first-order valence-corrected chi connectivity index (χ1v) is 4.58. The summed E-state index contributed by atoms with van der Waals surface area (Å²) in [7, 11) is 1.72. The number of pyridine rings is 1. The van der Waals surface area contributed by atoms with Crippen molar-refractivity contribution in [1.29, 1.82) is 5.26 Å². The number of fused-ring (bicyclic) bond motifs is 1. The number of hydrogen-bond acceptors (Lipinski definition) is 3. The van der Waals surface area contributed by atoms with Crippen LogP contribution in [0.25, 0.3) is 11.0 Å². The average molecular weight is 253 g/mol. The maximum absolute atomic E-state index is 11.7. The van der Waals surface area contributed by atoms with Gasteiger partial charge in [0, 0.05) is 13.2 Å². The van der Waals surface area contributed by atoms with E-state index in [-0.39, 0.29) is 11.0 Å². The maximum Gasteiger partial charge on any atom is 0.211 e. The van der Waals surface area contributed by atoms with E-state index in [9.17, 15) is 4.79 Å². The Hall–Kier alpha value is -1.61. The fourth-order valence-corrected chi connectivity index (χ4v) is 1.89. The molecule has 6 heteroatoms. The van der Waals surface area contributed by atoms with Gasteiger partial charge in [-0.25, -0.2) is 0 Å². The normalized spacial score (nSPS) is 10.4. The second kappa shape index (κ2) is 2.96. The smallest absolute Gasteiger partial charge is 0.211 e. The Balaban J connectivity index is 3.05. The predicted molar refractivity (Wildman–Crippen MR) is 53.7 cm³/mol. The molecule has 0 aliphatic rings. The second-order valence-electron chi connectivity index (χ2n) is 2.78. The SMILES string of the molecule is Cn1nc(Br)c2c(=O)c(C#N)c[nH]c21. The Labute approximate surface area is 87.1 Å². The lowest BCUT2D eigenvalue weighted by Gasteiger charge is -1.93. The maximum atomic E-state index is 11.7. The van der Waals surface area contributed by atoms with Crippen molar-refractivity contribution in [3.05, 3.63) is 26.6 Å². The second-order valence-corrected chi connectivity index (χ2v) is 3.53. The summed E-state index contributed by atoms with van der Waals surface area (Å²) >= 11 is 3.17. The molecule has 0 spiro atoms. The average Bonchev–Trinajstić information content (AvgIpc) is 2.44. The van der Waals surface area contributed by atoms with Crippen molar-refractivity contribution in [2.45, 2.75) is 0 Å². The van der Waals surface area contributed by atoms with Crippen molar-refractivity contribution in [1.82, 2.24) is 14.8 Å². The fourth-order valence-electron chi connectivity index (χ4n) is 1.28. The first-order chi connectivity index (χ1) is 6.65. The van der Waals surface area contributed by atoms with Crippen molar-refractivity contribution in [2.24, 2.45) is 7.05 Å². The van der Waals surface area contributed by atoms with E-state index in [1.807, 2.05) is 6.07 Å². The largest absolute Gasteiger partial charge is 0.345 e. The summed E-state index contributed by atoms with van der Waals surface area (Å²) < 4.78 is 2.00. The van der Waals surface area contributed by atoms with Gasteiger partial charge >= 0.3 is 0 Å². The standard InChI is InChI=1S/C8H5BrN4O/c1-13-8-5(7(9)12-13)6(14)4(2-10)3-11-8/h3H,1H3,(H,11,14). The number of nitrogens with one attached hydrogen (secondary N) is 1. The summed E-state index contributed by atoms with van der Waals surface area (Å²) in [6.45, 7) is 0. The molecule has 70 valence electrons. The van der Waals surface area contributed by atoms with Crippen LogP contribution in [0.1, 0.15) is 5.56 Å². The predicted octanol–water partition coefficient (Wildman–Crippen LogP) is 0.896. The van der Waals surface area contributed by atoms with Crippen LogP contribution in [0.15, 0.2) is 15.6 Å². The highest BCUT2D eigenvalue weighted by Gasteiger charge is 2.12. The van der Waals surface area contributed by atoms with Gasteiger partial charge in [-0.2, -0.15) is 10.4 Å². The van der Waals surface area contributed by atoms with Crippen molar-refractivity contribution < 1.29 is 0 Å². The molecule has 5 nitrogen and oxygen atoms in total. The van der Waals surface area contributed by atoms with E-state index >= 15 is 0 Å². The van der Waals surface area contributed by atoms with Gasteiger partial charge < -0.3 is 4.98 Å². The van der Waals surface area contributed by atoms with Gasteiger partial charge in [0.25, 0.3) is 0 Å². The molecule has 2 heterocycles.